The third-order valence-corrected chi connectivity index (χ3v) is 13.9. The van der Waals surface area contributed by atoms with Crippen molar-refractivity contribution < 1.29 is 24.0 Å². The molecule has 1 aliphatic heterocycles. The number of alkyl halides is 1. The second-order valence-corrected chi connectivity index (χ2v) is 21.3. The summed E-state index contributed by atoms with van der Waals surface area (Å²) in [4.78, 5) is 16.0. The molecule has 3 radical (unpaired) electrons. The van der Waals surface area contributed by atoms with Crippen LogP contribution in [0.3, 0.4) is 0 Å². The number of aliphatic hydroxyl groups is 1. The summed E-state index contributed by atoms with van der Waals surface area (Å²) in [5.74, 6) is -0.246. The molecule has 0 amide bonds. The van der Waals surface area contributed by atoms with Crippen molar-refractivity contribution in [1.82, 2.24) is 0 Å². The third kappa shape index (κ3) is 15.3. The van der Waals surface area contributed by atoms with E-state index < -0.39 is 15.2 Å². The number of hydrogen-bond donors (Lipinski definition) is 2. The van der Waals surface area contributed by atoms with Gasteiger partial charge in [-0.15, -0.1) is 56.9 Å². The summed E-state index contributed by atoms with van der Waals surface area (Å²) in [5, 5.41) is 22.9. The summed E-state index contributed by atoms with van der Waals surface area (Å²) in [6.07, 6.45) is 2.56. The maximum absolute atomic E-state index is 10.8. The smallest absolute Gasteiger partial charge is 0.337 e. The quantitative estimate of drug-likeness (QED) is 0.105. The molecule has 1 fully saturated rings. The highest BCUT2D eigenvalue weighted by molar-refractivity contribution is 9.10. The van der Waals surface area contributed by atoms with Gasteiger partial charge in [0.05, 0.1) is 12.2 Å². The minimum Gasteiger partial charge on any atom is -0.478 e. The Balaban J connectivity index is 0.000000192. The van der Waals surface area contributed by atoms with Crippen molar-refractivity contribution in [2.45, 2.75) is 53.0 Å². The van der Waals surface area contributed by atoms with Gasteiger partial charge in [-0.1, -0.05) is 60.7 Å². The maximum Gasteiger partial charge on any atom is 0.337 e. The Morgan fingerprint density at radius 3 is 1.47 bits per heavy atom. The normalized spacial score (nSPS) is 11.6. The van der Waals surface area contributed by atoms with E-state index >= 15 is 0 Å². The summed E-state index contributed by atoms with van der Waals surface area (Å²) in [6.45, 7) is 10.5. The van der Waals surface area contributed by atoms with Crippen molar-refractivity contribution in [2.24, 2.45) is 0 Å². The molecule has 0 unspecified atom stereocenters. The van der Waals surface area contributed by atoms with Gasteiger partial charge in [0.1, 0.15) is 0 Å². The SMILES string of the molecule is C1CCOC1.Cc1cc2cccc(Br)c2s1.Cc1cc2cccc(C(=O)O)c2s1.Cc1cc2cccc(CCl)c2s1.Cc1cc2cccc(CO)c2s1.O=S(Cl)Cl.[B]. The first-order valence-corrected chi connectivity index (χ1v) is 25.0. The Labute approximate surface area is 382 Å². The predicted molar refractivity (Wildman–Crippen MR) is 262 cm³/mol. The first-order chi connectivity index (χ1) is 27.3. The monoisotopic (exact) mass is 993 g/mol. The Bertz CT molecular complexity index is 2450. The first-order valence-electron chi connectivity index (χ1n) is 17.6. The molecule has 305 valence electrons. The largest absolute Gasteiger partial charge is 0.478 e. The van der Waals surface area contributed by atoms with Gasteiger partial charge in [0.15, 0.2) is 0 Å². The van der Waals surface area contributed by atoms with Crippen molar-refractivity contribution in [1.29, 1.82) is 0 Å². The number of halogens is 4. The highest BCUT2D eigenvalue weighted by Gasteiger charge is 2.09. The van der Waals surface area contributed by atoms with Crippen LogP contribution in [-0.4, -0.2) is 42.0 Å². The Hall–Kier alpha value is -2.33. The van der Waals surface area contributed by atoms with E-state index in [2.05, 4.69) is 119 Å². The highest BCUT2D eigenvalue weighted by atomic mass is 79.9. The number of aromatic carboxylic acids is 1. The van der Waals surface area contributed by atoms with Crippen molar-refractivity contribution in [3.05, 3.63) is 138 Å². The summed E-state index contributed by atoms with van der Waals surface area (Å²) >= 11 is 16.3. The standard InChI is InChI=1S/C10H9ClS.C10H8O2S.C10H10OS.C9H7BrS.C4H8O.B.Cl2OS/c1-7-5-8-3-2-4-9(6-11)10(8)12-7;1-6-5-7-3-2-4-8(10(11)12)9(7)13-6;1-7-5-8-3-2-4-9(6-11)10(8)12-7;1-6-5-7-3-2-4-8(10)9(7)11-6;1-2-4-5-3-1;;1-4(2)3/h2-5H,6H2,1H3;2-5H,1H3,(H,11,12);2-5,11H,6H2,1H3;2-5H,1H3;1-4H2;;. The average Bonchev–Trinajstić information content (AvgIpc) is 4.02. The number of carbonyl (C=O) groups is 1. The van der Waals surface area contributed by atoms with Crippen molar-refractivity contribution in [2.75, 3.05) is 13.2 Å². The third-order valence-electron chi connectivity index (χ3n) is 8.16. The average molecular weight is 996 g/mol. The zero-order valence-electron chi connectivity index (χ0n) is 32.2. The molecule has 5 nitrogen and oxygen atoms in total. The number of ether oxygens (including phenoxy) is 1. The molecule has 5 heterocycles. The molecule has 0 spiro atoms. The van der Waals surface area contributed by atoms with Crippen LogP contribution in [0.4, 0.5) is 0 Å². The number of rotatable bonds is 3. The lowest BCUT2D eigenvalue weighted by atomic mass is 10.1. The minimum absolute atomic E-state index is 0. The molecule has 4 aromatic heterocycles. The minimum atomic E-state index is -1.67. The number of thiophene rings is 4. The summed E-state index contributed by atoms with van der Waals surface area (Å²) in [7, 11) is 7.36. The van der Waals surface area contributed by atoms with Crippen molar-refractivity contribution >= 4 is 158 Å². The van der Waals surface area contributed by atoms with E-state index in [4.69, 9.17) is 30.8 Å². The van der Waals surface area contributed by atoms with Crippen molar-refractivity contribution in [3.63, 3.8) is 0 Å². The van der Waals surface area contributed by atoms with E-state index in [1.165, 1.54) is 79.1 Å². The van der Waals surface area contributed by atoms with E-state index in [1.807, 2.05) is 53.9 Å². The van der Waals surface area contributed by atoms with Gasteiger partial charge in [-0.05, 0) is 126 Å². The van der Waals surface area contributed by atoms with E-state index in [-0.39, 0.29) is 15.0 Å². The molecule has 0 atom stereocenters. The van der Waals surface area contributed by atoms with Gasteiger partial charge >= 0.3 is 5.97 Å². The zero-order valence-corrected chi connectivity index (χ0v) is 40.2. The fraction of sp³-hybridized carbons (Fsp3) is 0.233. The molecular weight excluding hydrogens is 954 g/mol. The number of carboxylic acids is 1. The van der Waals surface area contributed by atoms with Gasteiger partial charge in [0, 0.05) is 91.7 Å². The molecule has 8 aromatic rings. The molecule has 1 saturated heterocycles. The maximum atomic E-state index is 10.8. The van der Waals surface area contributed by atoms with Crippen molar-refractivity contribution in [3.8, 4) is 0 Å². The molecule has 9 rings (SSSR count). The summed E-state index contributed by atoms with van der Waals surface area (Å²) < 4.78 is 20.0. The molecular formula is C43H42BBrCl3O5S5. The van der Waals surface area contributed by atoms with Gasteiger partial charge in [-0.3, -0.25) is 0 Å². The Morgan fingerprint density at radius 1 is 0.672 bits per heavy atom. The molecule has 0 saturated carbocycles. The van der Waals surface area contributed by atoms with Gasteiger partial charge < -0.3 is 14.9 Å². The second kappa shape index (κ2) is 25.4. The van der Waals surface area contributed by atoms with Gasteiger partial charge in [-0.2, -0.15) is 0 Å². The van der Waals surface area contributed by atoms with E-state index in [9.17, 15) is 4.79 Å². The number of carboxylic acid groups (broad SMARTS) is 1. The van der Waals surface area contributed by atoms with E-state index in [1.54, 1.807) is 23.5 Å². The number of hydrogen-bond acceptors (Lipinski definition) is 8. The van der Waals surface area contributed by atoms with Crippen LogP contribution in [0, 0.1) is 27.7 Å². The first kappa shape index (κ1) is 50.0. The Morgan fingerprint density at radius 2 is 1.05 bits per heavy atom. The van der Waals surface area contributed by atoms with Gasteiger partial charge in [0.2, 0.25) is 9.23 Å². The topological polar surface area (TPSA) is 83.8 Å². The number of benzene rings is 4. The molecule has 0 aliphatic carbocycles. The fourth-order valence-electron chi connectivity index (χ4n) is 5.76. The van der Waals surface area contributed by atoms with Gasteiger partial charge in [-0.25, -0.2) is 9.00 Å². The van der Waals surface area contributed by atoms with Crippen LogP contribution in [0.15, 0.2) is 102 Å². The number of aryl methyl sites for hydroxylation is 4. The van der Waals surface area contributed by atoms with E-state index in [0.29, 0.717) is 11.4 Å². The van der Waals surface area contributed by atoms with Crippen LogP contribution < -0.4 is 0 Å². The summed E-state index contributed by atoms with van der Waals surface area (Å²) in [6, 6.07) is 32.5. The molecule has 0 bridgehead atoms. The zero-order chi connectivity index (χ0) is 41.5. The van der Waals surface area contributed by atoms with Crippen LogP contribution >= 0.6 is 94.2 Å². The number of fused-ring (bicyclic) bond motifs is 4. The lowest BCUT2D eigenvalue weighted by Crippen LogP contribution is -1.94. The fourth-order valence-corrected chi connectivity index (χ4v) is 10.7. The van der Waals surface area contributed by atoms with E-state index in [0.717, 1.165) is 33.7 Å². The molecule has 1 aliphatic rings. The highest BCUT2D eigenvalue weighted by Crippen LogP contribution is 2.32. The van der Waals surface area contributed by atoms with Crippen LogP contribution in [0.25, 0.3) is 40.3 Å². The second-order valence-electron chi connectivity index (χ2n) is 12.6. The Kier molecular flexibility index (Phi) is 22.0. The molecule has 4 aromatic carbocycles. The lowest BCUT2D eigenvalue weighted by molar-refractivity contribution is 0.0699. The van der Waals surface area contributed by atoms with Crippen LogP contribution in [0.5, 0.6) is 0 Å². The molecule has 58 heavy (non-hydrogen) atoms. The summed E-state index contributed by atoms with van der Waals surface area (Å²) in [5.41, 5.74) is 2.67. The van der Waals surface area contributed by atoms with Gasteiger partial charge in [0.25, 0.3) is 0 Å². The van der Waals surface area contributed by atoms with Crippen LogP contribution in [0.2, 0.25) is 0 Å². The van der Waals surface area contributed by atoms with Crippen LogP contribution in [0.1, 0.15) is 53.8 Å². The number of aliphatic hydroxyl groups excluding tert-OH is 1. The lowest BCUT2D eigenvalue weighted by Gasteiger charge is -1.95. The molecule has 15 heteroatoms. The molecule has 2 N–H and O–H groups in total. The predicted octanol–water partition coefficient (Wildman–Crippen LogP) is 15.0. The van der Waals surface area contributed by atoms with Crippen LogP contribution in [-0.2, 0) is 26.5 Å².